The van der Waals surface area contributed by atoms with E-state index in [-0.39, 0.29) is 11.7 Å². The number of ketones is 1. The molecule has 0 radical (unpaired) electrons. The SMILES string of the molecule is CCn1cc(C(=O)C2CC2)c2cc(Nc3ncc(C)c(-n4cc(CN5CCCO5)c(C)n4)n3)ccc21. The maximum absolute atomic E-state index is 12.9. The molecule has 1 saturated heterocycles. The summed E-state index contributed by atoms with van der Waals surface area (Å²) in [5, 5.41) is 11.0. The number of benzene rings is 1. The highest BCUT2D eigenvalue weighted by Crippen LogP contribution is 2.36. The van der Waals surface area contributed by atoms with E-state index in [9.17, 15) is 4.79 Å². The largest absolute Gasteiger partial charge is 0.347 e. The lowest BCUT2D eigenvalue weighted by Crippen LogP contribution is -2.17. The Morgan fingerprint density at radius 2 is 2.08 bits per heavy atom. The van der Waals surface area contributed by atoms with Crippen molar-refractivity contribution in [1.82, 2.24) is 29.4 Å². The van der Waals surface area contributed by atoms with E-state index in [4.69, 9.17) is 14.9 Å². The quantitative estimate of drug-likeness (QED) is 0.361. The number of carbonyl (C=O) groups is 1. The maximum atomic E-state index is 12.9. The maximum Gasteiger partial charge on any atom is 0.229 e. The Bertz CT molecular complexity index is 1440. The van der Waals surface area contributed by atoms with Crippen molar-refractivity contribution in [1.29, 1.82) is 0 Å². The number of nitrogens with one attached hydrogen (secondary N) is 1. The van der Waals surface area contributed by atoms with E-state index in [2.05, 4.69) is 27.9 Å². The van der Waals surface area contributed by atoms with Gasteiger partial charge in [-0.05, 0) is 58.2 Å². The second-order valence-electron chi connectivity index (χ2n) is 9.76. The fourth-order valence-electron chi connectivity index (χ4n) is 4.83. The Kier molecular flexibility index (Phi) is 5.81. The van der Waals surface area contributed by atoms with Crippen LogP contribution in [0.5, 0.6) is 0 Å². The number of Topliss-reactive ketones (excluding diaryl/α,β-unsaturated/α-hetero) is 1. The fraction of sp³-hybridized carbons (Fsp3) is 0.407. The lowest BCUT2D eigenvalue weighted by Gasteiger charge is -2.12. The smallest absolute Gasteiger partial charge is 0.229 e. The normalized spacial score (nSPS) is 16.2. The first-order valence-corrected chi connectivity index (χ1v) is 12.7. The molecule has 3 aromatic heterocycles. The van der Waals surface area contributed by atoms with Crippen LogP contribution in [0, 0.1) is 19.8 Å². The van der Waals surface area contributed by atoms with Gasteiger partial charge in [-0.25, -0.2) is 9.67 Å². The van der Waals surface area contributed by atoms with E-state index < -0.39 is 0 Å². The van der Waals surface area contributed by atoms with Crippen molar-refractivity contribution in [2.75, 3.05) is 18.5 Å². The van der Waals surface area contributed by atoms with Crippen molar-refractivity contribution in [2.45, 2.75) is 53.1 Å². The summed E-state index contributed by atoms with van der Waals surface area (Å²) < 4.78 is 3.96. The molecule has 6 rings (SSSR count). The summed E-state index contributed by atoms with van der Waals surface area (Å²) in [6, 6.07) is 6.10. The van der Waals surface area contributed by atoms with Gasteiger partial charge in [0.25, 0.3) is 0 Å². The van der Waals surface area contributed by atoms with Gasteiger partial charge in [0.2, 0.25) is 5.95 Å². The number of hydroxylamine groups is 2. The van der Waals surface area contributed by atoms with Crippen molar-refractivity contribution in [2.24, 2.45) is 5.92 Å². The number of aromatic nitrogens is 5. The zero-order chi connectivity index (χ0) is 24.8. The van der Waals surface area contributed by atoms with Crippen LogP contribution < -0.4 is 5.32 Å². The minimum absolute atomic E-state index is 0.181. The van der Waals surface area contributed by atoms with E-state index in [1.54, 1.807) is 6.20 Å². The average molecular weight is 486 g/mol. The summed E-state index contributed by atoms with van der Waals surface area (Å²) in [5.74, 6) is 1.65. The second kappa shape index (κ2) is 9.15. The molecule has 186 valence electrons. The van der Waals surface area contributed by atoms with Gasteiger partial charge in [-0.1, -0.05) is 0 Å². The van der Waals surface area contributed by atoms with Crippen LogP contribution in [-0.4, -0.2) is 48.3 Å². The zero-order valence-corrected chi connectivity index (χ0v) is 21.0. The molecule has 1 aliphatic carbocycles. The third kappa shape index (κ3) is 4.29. The monoisotopic (exact) mass is 485 g/mol. The molecule has 9 nitrogen and oxygen atoms in total. The van der Waals surface area contributed by atoms with Crippen LogP contribution in [0.4, 0.5) is 11.6 Å². The van der Waals surface area contributed by atoms with Crippen LogP contribution in [0.25, 0.3) is 16.7 Å². The molecule has 1 aliphatic heterocycles. The molecule has 1 aromatic carbocycles. The Morgan fingerprint density at radius 3 is 2.83 bits per heavy atom. The molecule has 4 heterocycles. The summed E-state index contributed by atoms with van der Waals surface area (Å²) in [5.41, 5.74) is 5.73. The van der Waals surface area contributed by atoms with Crippen LogP contribution in [0.1, 0.15) is 53.4 Å². The molecule has 0 atom stereocenters. The van der Waals surface area contributed by atoms with Gasteiger partial charge in [0.1, 0.15) is 0 Å². The third-order valence-corrected chi connectivity index (χ3v) is 7.03. The number of nitrogens with zero attached hydrogens (tertiary/aromatic N) is 6. The molecule has 4 aromatic rings. The van der Waals surface area contributed by atoms with Crippen molar-refractivity contribution >= 4 is 28.3 Å². The Hall–Kier alpha value is -3.56. The van der Waals surface area contributed by atoms with Gasteiger partial charge >= 0.3 is 0 Å². The first kappa shape index (κ1) is 22.9. The van der Waals surface area contributed by atoms with Crippen molar-refractivity contribution in [3.05, 3.63) is 59.2 Å². The molecular weight excluding hydrogens is 454 g/mol. The number of anilines is 2. The van der Waals surface area contributed by atoms with Gasteiger partial charge in [-0.3, -0.25) is 9.63 Å². The fourth-order valence-corrected chi connectivity index (χ4v) is 4.83. The van der Waals surface area contributed by atoms with Crippen LogP contribution >= 0.6 is 0 Å². The van der Waals surface area contributed by atoms with Gasteiger partial charge in [0.15, 0.2) is 11.6 Å². The summed E-state index contributed by atoms with van der Waals surface area (Å²) >= 11 is 0. The molecule has 36 heavy (non-hydrogen) atoms. The minimum Gasteiger partial charge on any atom is -0.347 e. The lowest BCUT2D eigenvalue weighted by atomic mass is 10.1. The molecule has 1 saturated carbocycles. The Morgan fingerprint density at radius 1 is 1.22 bits per heavy atom. The van der Waals surface area contributed by atoms with Gasteiger partial charge in [-0.15, -0.1) is 0 Å². The van der Waals surface area contributed by atoms with E-state index in [1.165, 1.54) is 0 Å². The van der Waals surface area contributed by atoms with E-state index >= 15 is 0 Å². The van der Waals surface area contributed by atoms with Crippen LogP contribution in [0.2, 0.25) is 0 Å². The first-order valence-electron chi connectivity index (χ1n) is 12.7. The molecule has 2 fully saturated rings. The molecule has 0 unspecified atom stereocenters. The molecule has 0 bridgehead atoms. The molecular formula is C27H31N7O2. The average Bonchev–Trinajstić information content (AvgIpc) is 3.30. The molecule has 2 aliphatic rings. The highest BCUT2D eigenvalue weighted by Gasteiger charge is 2.32. The minimum atomic E-state index is 0.181. The van der Waals surface area contributed by atoms with Gasteiger partial charge in [-0.2, -0.15) is 15.1 Å². The van der Waals surface area contributed by atoms with Crippen molar-refractivity contribution in [3.63, 3.8) is 0 Å². The van der Waals surface area contributed by atoms with E-state index in [1.807, 2.05) is 48.1 Å². The molecule has 9 heteroatoms. The first-order chi connectivity index (χ1) is 17.5. The number of hydrogen-bond donors (Lipinski definition) is 1. The van der Waals surface area contributed by atoms with Crippen LogP contribution in [0.15, 0.2) is 36.8 Å². The third-order valence-electron chi connectivity index (χ3n) is 7.03. The standard InChI is InChI=1S/C27H31N7O2/c1-4-32-16-23(25(35)19-6-7-19)22-12-21(8-9-24(22)32)29-27-28-13-17(2)26(30-27)34-15-20(18(3)31-34)14-33-10-5-11-36-33/h8-9,12-13,15-16,19H,4-7,10-11,14H2,1-3H3,(H,28,29,30). The Balaban J connectivity index is 1.29. The molecule has 1 N–H and O–H groups in total. The van der Waals surface area contributed by atoms with Gasteiger partial charge in [0.05, 0.1) is 18.8 Å². The lowest BCUT2D eigenvalue weighted by molar-refractivity contribution is -0.117. The van der Waals surface area contributed by atoms with Gasteiger partial charge in [0, 0.05) is 70.9 Å². The van der Waals surface area contributed by atoms with E-state index in [0.29, 0.717) is 12.5 Å². The molecule has 0 spiro atoms. The van der Waals surface area contributed by atoms with Crippen molar-refractivity contribution < 1.29 is 9.63 Å². The number of rotatable bonds is 8. The van der Waals surface area contributed by atoms with Gasteiger partial charge < -0.3 is 9.88 Å². The predicted molar refractivity (Wildman–Crippen MR) is 138 cm³/mol. The summed E-state index contributed by atoms with van der Waals surface area (Å²) in [6.07, 6.45) is 8.87. The topological polar surface area (TPSA) is 90.1 Å². The van der Waals surface area contributed by atoms with Crippen LogP contribution in [-0.2, 0) is 17.9 Å². The number of aryl methyl sites for hydroxylation is 3. The molecule has 0 amide bonds. The zero-order valence-electron chi connectivity index (χ0n) is 21.0. The van der Waals surface area contributed by atoms with Crippen molar-refractivity contribution in [3.8, 4) is 5.82 Å². The highest BCUT2D eigenvalue weighted by molar-refractivity contribution is 6.10. The van der Waals surface area contributed by atoms with Crippen LogP contribution in [0.3, 0.4) is 0 Å². The Labute approximate surface area is 210 Å². The number of carbonyl (C=O) groups excluding carboxylic acids is 1. The number of fused-ring (bicyclic) bond motifs is 1. The number of hydrogen-bond acceptors (Lipinski definition) is 7. The summed E-state index contributed by atoms with van der Waals surface area (Å²) in [6.45, 7) is 9.33. The summed E-state index contributed by atoms with van der Waals surface area (Å²) in [7, 11) is 0. The van der Waals surface area contributed by atoms with E-state index in [0.717, 1.165) is 83.8 Å². The predicted octanol–water partition coefficient (Wildman–Crippen LogP) is 4.73. The second-order valence-corrected chi connectivity index (χ2v) is 9.76. The highest BCUT2D eigenvalue weighted by atomic mass is 16.7. The summed E-state index contributed by atoms with van der Waals surface area (Å²) in [4.78, 5) is 27.9.